The van der Waals surface area contributed by atoms with E-state index >= 15 is 0 Å². The molecular formula is C12H10BrNO2S. The SMILES string of the molecule is Cc1cc(SCC(=O)O)c2cc(Br)ccc2n1. The molecule has 0 atom stereocenters. The van der Waals surface area contributed by atoms with Crippen molar-refractivity contribution in [3.63, 3.8) is 0 Å². The number of pyridine rings is 1. The Morgan fingerprint density at radius 2 is 2.24 bits per heavy atom. The lowest BCUT2D eigenvalue weighted by Crippen LogP contribution is -1.98. The van der Waals surface area contributed by atoms with Crippen molar-refractivity contribution in [2.75, 3.05) is 5.75 Å². The Labute approximate surface area is 111 Å². The van der Waals surface area contributed by atoms with Gasteiger partial charge in [-0.2, -0.15) is 0 Å². The van der Waals surface area contributed by atoms with Crippen LogP contribution in [0.25, 0.3) is 10.9 Å². The molecule has 1 heterocycles. The van der Waals surface area contributed by atoms with Crippen molar-refractivity contribution in [3.8, 4) is 0 Å². The van der Waals surface area contributed by atoms with Gasteiger partial charge in [-0.15, -0.1) is 11.8 Å². The number of benzene rings is 1. The lowest BCUT2D eigenvalue weighted by atomic mass is 10.2. The number of rotatable bonds is 3. The van der Waals surface area contributed by atoms with E-state index in [1.54, 1.807) is 0 Å². The predicted octanol–water partition coefficient (Wildman–Crippen LogP) is 3.48. The molecule has 0 aliphatic heterocycles. The maximum atomic E-state index is 10.6. The van der Waals surface area contributed by atoms with E-state index in [0.717, 1.165) is 26.0 Å². The van der Waals surface area contributed by atoms with Crippen LogP contribution in [-0.2, 0) is 4.79 Å². The van der Waals surface area contributed by atoms with Crippen LogP contribution >= 0.6 is 27.7 Å². The Bertz CT molecular complexity index is 586. The van der Waals surface area contributed by atoms with Gasteiger partial charge in [-0.1, -0.05) is 15.9 Å². The Morgan fingerprint density at radius 1 is 1.47 bits per heavy atom. The smallest absolute Gasteiger partial charge is 0.313 e. The van der Waals surface area contributed by atoms with Gasteiger partial charge in [0.25, 0.3) is 0 Å². The first kappa shape index (κ1) is 12.4. The second-order valence-electron chi connectivity index (χ2n) is 3.61. The fraction of sp³-hybridized carbons (Fsp3) is 0.167. The second-order valence-corrected chi connectivity index (χ2v) is 5.54. The summed E-state index contributed by atoms with van der Waals surface area (Å²) < 4.78 is 0.966. The molecule has 0 saturated carbocycles. The highest BCUT2D eigenvalue weighted by atomic mass is 79.9. The molecule has 0 unspecified atom stereocenters. The van der Waals surface area contributed by atoms with Crippen LogP contribution in [0.5, 0.6) is 0 Å². The lowest BCUT2D eigenvalue weighted by molar-refractivity contribution is -0.133. The van der Waals surface area contributed by atoms with E-state index in [9.17, 15) is 4.79 Å². The van der Waals surface area contributed by atoms with E-state index in [1.807, 2.05) is 31.2 Å². The lowest BCUT2D eigenvalue weighted by Gasteiger charge is -2.06. The number of hydrogen-bond donors (Lipinski definition) is 1. The normalized spacial score (nSPS) is 10.7. The molecular weight excluding hydrogens is 302 g/mol. The minimum absolute atomic E-state index is 0.0606. The van der Waals surface area contributed by atoms with Crippen molar-refractivity contribution < 1.29 is 9.90 Å². The summed E-state index contributed by atoms with van der Waals surface area (Å²) in [7, 11) is 0. The average Bonchev–Trinajstić information content (AvgIpc) is 2.26. The maximum Gasteiger partial charge on any atom is 0.313 e. The summed E-state index contributed by atoms with van der Waals surface area (Å²) >= 11 is 4.73. The van der Waals surface area contributed by atoms with E-state index in [1.165, 1.54) is 11.8 Å². The Kier molecular flexibility index (Phi) is 3.69. The van der Waals surface area contributed by atoms with Crippen molar-refractivity contribution in [3.05, 3.63) is 34.4 Å². The Morgan fingerprint density at radius 3 is 2.94 bits per heavy atom. The number of hydrogen-bond acceptors (Lipinski definition) is 3. The molecule has 5 heteroatoms. The Hall–Kier alpha value is -1.07. The molecule has 0 amide bonds. The molecule has 2 aromatic rings. The molecule has 0 bridgehead atoms. The van der Waals surface area contributed by atoms with Gasteiger partial charge in [0.2, 0.25) is 0 Å². The number of thioether (sulfide) groups is 1. The first-order chi connectivity index (χ1) is 8.06. The highest BCUT2D eigenvalue weighted by molar-refractivity contribution is 9.10. The third-order valence-electron chi connectivity index (χ3n) is 2.21. The third-order valence-corrected chi connectivity index (χ3v) is 3.75. The number of aryl methyl sites for hydroxylation is 1. The molecule has 0 fully saturated rings. The van der Waals surface area contributed by atoms with Crippen molar-refractivity contribution >= 4 is 44.6 Å². The number of halogens is 1. The van der Waals surface area contributed by atoms with Gasteiger partial charge in [0.15, 0.2) is 0 Å². The molecule has 3 nitrogen and oxygen atoms in total. The number of carboxylic acids is 1. The highest BCUT2D eigenvalue weighted by Gasteiger charge is 2.07. The fourth-order valence-electron chi connectivity index (χ4n) is 1.55. The molecule has 0 aliphatic rings. The van der Waals surface area contributed by atoms with Gasteiger partial charge >= 0.3 is 5.97 Å². The number of aliphatic carboxylic acids is 1. The van der Waals surface area contributed by atoms with Gasteiger partial charge in [0.05, 0.1) is 11.3 Å². The van der Waals surface area contributed by atoms with Crippen LogP contribution in [0.15, 0.2) is 33.6 Å². The van der Waals surface area contributed by atoms with Gasteiger partial charge < -0.3 is 5.11 Å². The molecule has 88 valence electrons. The van der Waals surface area contributed by atoms with Gasteiger partial charge in [-0.25, -0.2) is 0 Å². The number of carboxylic acid groups (broad SMARTS) is 1. The van der Waals surface area contributed by atoms with Crippen LogP contribution in [0.3, 0.4) is 0 Å². The molecule has 0 spiro atoms. The van der Waals surface area contributed by atoms with Crippen LogP contribution in [0.4, 0.5) is 0 Å². The molecule has 1 aromatic carbocycles. The average molecular weight is 312 g/mol. The molecule has 1 N–H and O–H groups in total. The summed E-state index contributed by atoms with van der Waals surface area (Å²) in [6, 6.07) is 7.74. The fourth-order valence-corrected chi connectivity index (χ4v) is 2.76. The maximum absolute atomic E-state index is 10.6. The summed E-state index contributed by atoms with van der Waals surface area (Å²) in [4.78, 5) is 16.0. The van der Waals surface area contributed by atoms with Crippen molar-refractivity contribution in [1.82, 2.24) is 4.98 Å². The number of nitrogens with zero attached hydrogens (tertiary/aromatic N) is 1. The number of carbonyl (C=O) groups is 1. The number of fused-ring (bicyclic) bond motifs is 1. The molecule has 0 radical (unpaired) electrons. The zero-order valence-electron chi connectivity index (χ0n) is 9.11. The van der Waals surface area contributed by atoms with Crippen LogP contribution in [-0.4, -0.2) is 21.8 Å². The largest absolute Gasteiger partial charge is 0.481 e. The quantitative estimate of drug-likeness (QED) is 0.882. The zero-order valence-corrected chi connectivity index (χ0v) is 11.5. The van der Waals surface area contributed by atoms with Gasteiger partial charge in [0, 0.05) is 20.4 Å². The van der Waals surface area contributed by atoms with E-state index < -0.39 is 5.97 Å². The zero-order chi connectivity index (χ0) is 12.4. The van der Waals surface area contributed by atoms with Crippen LogP contribution in [0.1, 0.15) is 5.69 Å². The summed E-state index contributed by atoms with van der Waals surface area (Å²) in [5.41, 5.74) is 1.79. The van der Waals surface area contributed by atoms with Gasteiger partial charge in [-0.3, -0.25) is 9.78 Å². The topological polar surface area (TPSA) is 50.2 Å². The van der Waals surface area contributed by atoms with E-state index in [2.05, 4.69) is 20.9 Å². The molecule has 0 aliphatic carbocycles. The standard InChI is InChI=1S/C12H10BrNO2S/c1-7-4-11(17-6-12(15)16)9-5-8(13)2-3-10(9)14-7/h2-5H,6H2,1H3,(H,15,16). The molecule has 1 aromatic heterocycles. The predicted molar refractivity (Wildman–Crippen MR) is 72.5 cm³/mol. The van der Waals surface area contributed by atoms with Crippen LogP contribution in [0, 0.1) is 6.92 Å². The minimum atomic E-state index is -0.812. The Balaban J connectivity index is 2.51. The minimum Gasteiger partial charge on any atom is -0.481 e. The first-order valence-corrected chi connectivity index (χ1v) is 6.75. The third kappa shape index (κ3) is 2.98. The van der Waals surface area contributed by atoms with Crippen LogP contribution < -0.4 is 0 Å². The monoisotopic (exact) mass is 311 g/mol. The summed E-state index contributed by atoms with van der Waals surface area (Å²) in [5.74, 6) is -0.752. The number of aromatic nitrogens is 1. The van der Waals surface area contributed by atoms with Gasteiger partial charge in [-0.05, 0) is 31.2 Å². The first-order valence-electron chi connectivity index (χ1n) is 4.98. The highest BCUT2D eigenvalue weighted by Crippen LogP contribution is 2.29. The van der Waals surface area contributed by atoms with Crippen molar-refractivity contribution in [2.45, 2.75) is 11.8 Å². The summed E-state index contributed by atoms with van der Waals surface area (Å²) in [6.45, 7) is 1.91. The van der Waals surface area contributed by atoms with E-state index in [4.69, 9.17) is 5.11 Å². The van der Waals surface area contributed by atoms with E-state index in [0.29, 0.717) is 0 Å². The van der Waals surface area contributed by atoms with E-state index in [-0.39, 0.29) is 5.75 Å². The van der Waals surface area contributed by atoms with Gasteiger partial charge in [0.1, 0.15) is 0 Å². The molecule has 2 rings (SSSR count). The molecule has 0 saturated heterocycles. The second kappa shape index (κ2) is 5.06. The van der Waals surface area contributed by atoms with Crippen molar-refractivity contribution in [1.29, 1.82) is 0 Å². The summed E-state index contributed by atoms with van der Waals surface area (Å²) in [5, 5.41) is 9.71. The van der Waals surface area contributed by atoms with Crippen molar-refractivity contribution in [2.24, 2.45) is 0 Å². The molecule has 17 heavy (non-hydrogen) atoms. The van der Waals surface area contributed by atoms with Crippen LogP contribution in [0.2, 0.25) is 0 Å². The summed E-state index contributed by atoms with van der Waals surface area (Å²) in [6.07, 6.45) is 0.